The maximum Gasteiger partial charge on any atom is 1.00 e. The molecular weight excluding hydrogens is 514 g/mol. The molecule has 3 aromatic rings. The molecular formula is C23H21F3NNaO5S2. The van der Waals surface area contributed by atoms with E-state index in [2.05, 4.69) is 6.58 Å². The molecule has 0 aliphatic heterocycles. The van der Waals surface area contributed by atoms with Crippen LogP contribution < -0.4 is 43.8 Å². The fraction of sp³-hybridized carbons (Fsp3) is 0.174. The quantitative estimate of drug-likeness (QED) is 0.258. The number of halogens is 3. The minimum atomic E-state index is -4.69. The van der Waals surface area contributed by atoms with E-state index in [0.717, 1.165) is 22.6 Å². The van der Waals surface area contributed by atoms with Gasteiger partial charge in [0.2, 0.25) is 10.0 Å². The maximum atomic E-state index is 13.1. The predicted octanol–water partition coefficient (Wildman–Crippen LogP) is 2.29. The first kappa shape index (κ1) is 29.1. The van der Waals surface area contributed by atoms with E-state index in [1.54, 1.807) is 12.1 Å². The van der Waals surface area contributed by atoms with Crippen LogP contribution in [0.15, 0.2) is 65.4 Å². The Morgan fingerprint density at radius 3 is 2.23 bits per heavy atom. The van der Waals surface area contributed by atoms with E-state index in [9.17, 15) is 26.4 Å². The molecule has 182 valence electrons. The van der Waals surface area contributed by atoms with Crippen LogP contribution in [0, 0.1) is 0 Å². The van der Waals surface area contributed by atoms with E-state index >= 15 is 0 Å². The Morgan fingerprint density at radius 2 is 1.71 bits per heavy atom. The number of carbonyl (C=O) groups excluding carboxylic acids is 1. The Labute approximate surface area is 228 Å². The van der Waals surface area contributed by atoms with Crippen LogP contribution in [0.4, 0.5) is 13.2 Å². The van der Waals surface area contributed by atoms with Crippen LogP contribution in [0.25, 0.3) is 16.0 Å². The third kappa shape index (κ3) is 6.96. The Bertz CT molecular complexity index is 1310. The average molecular weight is 536 g/mol. The summed E-state index contributed by atoms with van der Waals surface area (Å²) in [7, 11) is -1.44. The van der Waals surface area contributed by atoms with Crippen molar-refractivity contribution in [3.8, 4) is 21.9 Å². The van der Waals surface area contributed by atoms with Crippen molar-refractivity contribution in [3.05, 3.63) is 71.6 Å². The number of benzene rings is 2. The van der Waals surface area contributed by atoms with Crippen LogP contribution in [0.2, 0.25) is 0 Å². The molecule has 0 radical (unpaired) electrons. The van der Waals surface area contributed by atoms with Gasteiger partial charge in [-0.1, -0.05) is 12.6 Å². The molecule has 0 saturated carbocycles. The van der Waals surface area contributed by atoms with Gasteiger partial charge in [0.1, 0.15) is 18.0 Å². The van der Waals surface area contributed by atoms with Gasteiger partial charge in [0.05, 0.1) is 19.1 Å². The van der Waals surface area contributed by atoms with Crippen LogP contribution in [0.1, 0.15) is 17.3 Å². The first-order valence-electron chi connectivity index (χ1n) is 9.67. The molecule has 0 unspecified atom stereocenters. The van der Waals surface area contributed by atoms with Crippen molar-refractivity contribution in [1.29, 1.82) is 0 Å². The van der Waals surface area contributed by atoms with Gasteiger partial charge < -0.3 is 10.9 Å². The summed E-state index contributed by atoms with van der Waals surface area (Å²) in [5, 5.41) is 1.90. The Hall–Kier alpha value is -2.15. The fourth-order valence-electron chi connectivity index (χ4n) is 3.10. The number of alkyl halides is 3. The SMILES string of the molecule is C=C(C(=O)c1ccc(S(=O)(=O)NCC(F)(F)F)cc1)c1cc(-c2cccs2)c(OC)cc1OC.[H-].[Na+]. The zero-order chi connectivity index (χ0) is 25.1. The summed E-state index contributed by atoms with van der Waals surface area (Å²) in [6.45, 7) is 2.20. The number of Topliss-reactive ketones (excluding diaryl/α,β-unsaturated/α-hetero) is 1. The van der Waals surface area contributed by atoms with E-state index < -0.39 is 33.4 Å². The molecule has 0 amide bonds. The standard InChI is InChI=1S/C23H20F3NO5S2.Na.H/c1-14(17-11-18(21-5-4-10-33-21)20(32-3)12-19(17)31-2)22(28)15-6-8-16(9-7-15)34(29,30)27-13-23(24,25)26;;/h4-12,27H,1,13H2,2-3H3;;/q;+1;-1. The van der Waals surface area contributed by atoms with Crippen LogP contribution >= 0.6 is 11.3 Å². The van der Waals surface area contributed by atoms with Gasteiger partial charge in [-0.2, -0.15) is 13.2 Å². The second-order valence-corrected chi connectivity index (χ2v) is 9.72. The Kier molecular flexibility index (Phi) is 9.74. The normalized spacial score (nSPS) is 11.5. The topological polar surface area (TPSA) is 81.7 Å². The molecule has 1 aromatic heterocycles. The molecule has 0 bridgehead atoms. The van der Waals surface area contributed by atoms with E-state index in [-0.39, 0.29) is 42.1 Å². The molecule has 35 heavy (non-hydrogen) atoms. The second-order valence-electron chi connectivity index (χ2n) is 7.00. The minimum absolute atomic E-state index is 0. The molecule has 0 aliphatic carbocycles. The average Bonchev–Trinajstić information content (AvgIpc) is 3.35. The zero-order valence-electron chi connectivity index (χ0n) is 20.1. The van der Waals surface area contributed by atoms with E-state index in [0.29, 0.717) is 17.1 Å². The van der Waals surface area contributed by atoms with Crippen molar-refractivity contribution in [2.45, 2.75) is 11.1 Å². The number of hydrogen-bond acceptors (Lipinski definition) is 6. The van der Waals surface area contributed by atoms with Crippen LogP contribution in [-0.2, 0) is 10.0 Å². The summed E-state index contributed by atoms with van der Waals surface area (Å²) in [5.41, 5.74) is 1.35. The maximum absolute atomic E-state index is 13.1. The zero-order valence-corrected chi connectivity index (χ0v) is 22.7. The molecule has 0 atom stereocenters. The molecule has 6 nitrogen and oxygen atoms in total. The summed E-state index contributed by atoms with van der Waals surface area (Å²) in [6, 6.07) is 11.7. The second kappa shape index (κ2) is 11.7. The van der Waals surface area contributed by atoms with E-state index in [4.69, 9.17) is 9.47 Å². The van der Waals surface area contributed by atoms with Crippen LogP contribution in [0.5, 0.6) is 11.5 Å². The number of allylic oxidation sites excluding steroid dienone is 1. The third-order valence-corrected chi connectivity index (χ3v) is 7.12. The summed E-state index contributed by atoms with van der Waals surface area (Å²) in [4.78, 5) is 13.6. The Morgan fingerprint density at radius 1 is 1.09 bits per heavy atom. The van der Waals surface area contributed by atoms with Crippen molar-refractivity contribution < 1.29 is 66.8 Å². The van der Waals surface area contributed by atoms with Gasteiger partial charge in [-0.3, -0.25) is 4.79 Å². The van der Waals surface area contributed by atoms with Gasteiger partial charge in [0, 0.05) is 33.2 Å². The van der Waals surface area contributed by atoms with Gasteiger partial charge in [-0.15, -0.1) is 11.3 Å². The summed E-state index contributed by atoms with van der Waals surface area (Å²) < 4.78 is 73.5. The number of ether oxygens (including phenoxy) is 2. The minimum Gasteiger partial charge on any atom is -1.00 e. The summed E-state index contributed by atoms with van der Waals surface area (Å²) >= 11 is 1.48. The number of methoxy groups -OCH3 is 2. The molecule has 0 fully saturated rings. The predicted molar refractivity (Wildman–Crippen MR) is 125 cm³/mol. The van der Waals surface area contributed by atoms with Gasteiger partial charge in [-0.05, 0) is 41.8 Å². The van der Waals surface area contributed by atoms with Crippen LogP contribution in [0.3, 0.4) is 0 Å². The monoisotopic (exact) mass is 535 g/mol. The van der Waals surface area contributed by atoms with Gasteiger partial charge in [0.15, 0.2) is 5.78 Å². The molecule has 0 aliphatic rings. The Balaban J connectivity index is 0.00000324. The number of carbonyl (C=O) groups is 1. The molecule has 1 N–H and O–H groups in total. The van der Waals surface area contributed by atoms with E-state index in [1.165, 1.54) is 42.4 Å². The smallest absolute Gasteiger partial charge is 1.00 e. The van der Waals surface area contributed by atoms with Gasteiger partial charge >= 0.3 is 35.7 Å². The number of hydrogen-bond donors (Lipinski definition) is 1. The molecule has 3 rings (SSSR count). The first-order valence-corrected chi connectivity index (χ1v) is 12.0. The van der Waals surface area contributed by atoms with Crippen molar-refractivity contribution in [2.24, 2.45) is 0 Å². The third-order valence-electron chi connectivity index (χ3n) is 4.80. The largest absolute Gasteiger partial charge is 1.00 e. The van der Waals surface area contributed by atoms with Crippen molar-refractivity contribution in [2.75, 3.05) is 20.8 Å². The number of nitrogens with one attached hydrogen (secondary N) is 1. The number of ketones is 1. The molecule has 0 spiro atoms. The molecule has 0 saturated heterocycles. The van der Waals surface area contributed by atoms with Gasteiger partial charge in [-0.25, -0.2) is 13.1 Å². The first-order chi connectivity index (χ1) is 16.0. The van der Waals surface area contributed by atoms with Crippen LogP contribution in [-0.4, -0.2) is 41.1 Å². The number of rotatable bonds is 9. The van der Waals surface area contributed by atoms with E-state index in [1.807, 2.05) is 17.5 Å². The van der Waals surface area contributed by atoms with Crippen molar-refractivity contribution >= 4 is 32.7 Å². The summed E-state index contributed by atoms with van der Waals surface area (Å²) in [6.07, 6.45) is -4.69. The fourth-order valence-corrected chi connectivity index (χ4v) is 4.86. The molecule has 12 heteroatoms. The summed E-state index contributed by atoms with van der Waals surface area (Å²) in [5.74, 6) is 0.392. The molecule has 1 heterocycles. The van der Waals surface area contributed by atoms with Crippen molar-refractivity contribution in [1.82, 2.24) is 4.72 Å². The van der Waals surface area contributed by atoms with Crippen molar-refractivity contribution in [3.63, 3.8) is 0 Å². The van der Waals surface area contributed by atoms with Gasteiger partial charge in [0.25, 0.3) is 0 Å². The molecule has 2 aromatic carbocycles. The number of sulfonamides is 1. The number of thiophene rings is 1.